The van der Waals surface area contributed by atoms with Crippen molar-refractivity contribution in [1.29, 1.82) is 0 Å². The molecular weight excluding hydrogens is 154 g/mol. The van der Waals surface area contributed by atoms with E-state index in [4.69, 9.17) is 21.2 Å². The Morgan fingerprint density at radius 2 is 1.91 bits per heavy atom. The molecule has 0 aromatic heterocycles. The van der Waals surface area contributed by atoms with E-state index < -0.39 is 24.6 Å². The van der Waals surface area contributed by atoms with Gasteiger partial charge >= 0.3 is 0 Å². The number of aliphatic hydroxyl groups excluding tert-OH is 3. The number of hydrogen-bond donors (Lipinski definition) is 4. The highest BCUT2D eigenvalue weighted by Crippen LogP contribution is 2.18. The second-order valence-corrected chi connectivity index (χ2v) is 2.38. The van der Waals surface area contributed by atoms with Crippen LogP contribution in [0.5, 0.6) is 0 Å². The van der Waals surface area contributed by atoms with E-state index in [1.165, 1.54) is 0 Å². The molecule has 0 aromatic carbocycles. The molecule has 0 radical (unpaired) electrons. The Hall–Kier alpha value is -0.240. The summed E-state index contributed by atoms with van der Waals surface area (Å²) in [5.41, 5.74) is 0. The number of nitrogens with two attached hydrogens (primary N) is 1. The van der Waals surface area contributed by atoms with Crippen LogP contribution in [0, 0.1) is 0 Å². The summed E-state index contributed by atoms with van der Waals surface area (Å²) in [5.74, 6) is 4.71. The van der Waals surface area contributed by atoms with Crippen molar-refractivity contribution in [2.45, 2.75) is 24.6 Å². The summed E-state index contributed by atoms with van der Waals surface area (Å²) in [5, 5.41) is 26.9. The Kier molecular flexibility index (Phi) is 2.77. The molecule has 0 spiro atoms. The summed E-state index contributed by atoms with van der Waals surface area (Å²) < 4.78 is 4.68. The topological polar surface area (TPSA) is 105 Å². The first kappa shape index (κ1) is 8.85. The molecule has 5 N–H and O–H groups in total. The molecule has 11 heavy (non-hydrogen) atoms. The lowest BCUT2D eigenvalue weighted by molar-refractivity contribution is -0.137. The molecule has 6 heteroatoms. The van der Waals surface area contributed by atoms with Gasteiger partial charge in [0.05, 0.1) is 6.61 Å². The van der Waals surface area contributed by atoms with Gasteiger partial charge in [0.1, 0.15) is 18.3 Å². The quantitative estimate of drug-likeness (QED) is 0.332. The molecule has 1 saturated heterocycles. The monoisotopic (exact) mass is 165 g/mol. The van der Waals surface area contributed by atoms with Crippen LogP contribution < -0.4 is 5.90 Å². The van der Waals surface area contributed by atoms with E-state index in [1.54, 1.807) is 0 Å². The van der Waals surface area contributed by atoms with Crippen molar-refractivity contribution in [3.8, 4) is 0 Å². The third-order valence-electron chi connectivity index (χ3n) is 1.60. The average molecular weight is 165 g/mol. The highest BCUT2D eigenvalue weighted by atomic mass is 16.7. The predicted molar refractivity (Wildman–Crippen MR) is 33.0 cm³/mol. The molecule has 1 aliphatic rings. The van der Waals surface area contributed by atoms with E-state index in [1.807, 2.05) is 0 Å². The Morgan fingerprint density at radius 1 is 1.27 bits per heavy atom. The number of aliphatic hydroxyl groups is 3. The molecular formula is C5H11NO5. The minimum atomic E-state index is -1.36. The molecule has 1 rings (SSSR count). The molecule has 66 valence electrons. The molecule has 1 heterocycles. The fraction of sp³-hybridized carbons (Fsp3) is 1.00. The average Bonchev–Trinajstić information content (AvgIpc) is 2.19. The van der Waals surface area contributed by atoms with Crippen LogP contribution in [-0.4, -0.2) is 46.5 Å². The molecule has 4 atom stereocenters. The minimum Gasteiger partial charge on any atom is -0.387 e. The molecule has 6 nitrogen and oxygen atoms in total. The Labute approximate surface area is 63.1 Å². The molecule has 0 aliphatic carbocycles. The largest absolute Gasteiger partial charge is 0.387 e. The van der Waals surface area contributed by atoms with Crippen LogP contribution in [-0.2, 0) is 9.57 Å². The lowest BCUT2D eigenvalue weighted by Gasteiger charge is -2.11. The third-order valence-corrected chi connectivity index (χ3v) is 1.60. The van der Waals surface area contributed by atoms with Crippen LogP contribution in [0.4, 0.5) is 0 Å². The standard InChI is InChI=1S/C5H11NO5/c6-10-1-2-3(7)4(8)5(9)11-2/h2-5,7-9H,1,6H2/t2-,3-,4-,5-/m1/s1. The molecule has 0 aromatic rings. The van der Waals surface area contributed by atoms with Crippen molar-refractivity contribution in [3.63, 3.8) is 0 Å². The summed E-state index contributed by atoms with van der Waals surface area (Å²) in [7, 11) is 0. The van der Waals surface area contributed by atoms with Gasteiger partial charge in [-0.3, -0.25) is 0 Å². The smallest absolute Gasteiger partial charge is 0.184 e. The predicted octanol–water partition coefficient (Wildman–Crippen LogP) is -2.68. The van der Waals surface area contributed by atoms with Gasteiger partial charge in [0.25, 0.3) is 0 Å². The van der Waals surface area contributed by atoms with Gasteiger partial charge in [0.2, 0.25) is 0 Å². The molecule has 0 bridgehead atoms. The van der Waals surface area contributed by atoms with E-state index >= 15 is 0 Å². The molecule has 1 aliphatic heterocycles. The maximum atomic E-state index is 9.09. The van der Waals surface area contributed by atoms with E-state index in [0.29, 0.717) is 0 Å². The van der Waals surface area contributed by atoms with E-state index in [2.05, 4.69) is 9.57 Å². The van der Waals surface area contributed by atoms with Gasteiger partial charge < -0.3 is 24.9 Å². The highest BCUT2D eigenvalue weighted by Gasteiger charge is 2.41. The lowest BCUT2D eigenvalue weighted by Crippen LogP contribution is -2.34. The second kappa shape index (κ2) is 3.44. The van der Waals surface area contributed by atoms with Crippen molar-refractivity contribution in [3.05, 3.63) is 0 Å². The zero-order chi connectivity index (χ0) is 8.43. The third kappa shape index (κ3) is 1.67. The van der Waals surface area contributed by atoms with Crippen molar-refractivity contribution >= 4 is 0 Å². The van der Waals surface area contributed by atoms with Crippen LogP contribution in [0.15, 0.2) is 0 Å². The lowest BCUT2D eigenvalue weighted by atomic mass is 10.1. The first-order valence-corrected chi connectivity index (χ1v) is 3.18. The zero-order valence-corrected chi connectivity index (χ0v) is 5.75. The number of ether oxygens (including phenoxy) is 1. The van der Waals surface area contributed by atoms with Gasteiger partial charge in [-0.1, -0.05) is 0 Å². The van der Waals surface area contributed by atoms with Crippen LogP contribution in [0.1, 0.15) is 0 Å². The van der Waals surface area contributed by atoms with Gasteiger partial charge in [-0.25, -0.2) is 5.90 Å². The minimum absolute atomic E-state index is 0.0602. The Balaban J connectivity index is 2.45. The molecule has 0 amide bonds. The maximum Gasteiger partial charge on any atom is 0.184 e. The number of hydrogen-bond acceptors (Lipinski definition) is 6. The van der Waals surface area contributed by atoms with Crippen LogP contribution >= 0.6 is 0 Å². The van der Waals surface area contributed by atoms with E-state index in [-0.39, 0.29) is 6.61 Å². The summed E-state index contributed by atoms with van der Waals surface area (Å²) in [6, 6.07) is 0. The fourth-order valence-corrected chi connectivity index (χ4v) is 0.961. The summed E-state index contributed by atoms with van der Waals surface area (Å²) >= 11 is 0. The maximum absolute atomic E-state index is 9.09. The Bertz CT molecular complexity index is 132. The van der Waals surface area contributed by atoms with Gasteiger partial charge in [-0.05, 0) is 0 Å². The molecule has 0 unspecified atom stereocenters. The van der Waals surface area contributed by atoms with Gasteiger partial charge in [-0.15, -0.1) is 0 Å². The van der Waals surface area contributed by atoms with Gasteiger partial charge in [0.15, 0.2) is 6.29 Å². The van der Waals surface area contributed by atoms with Crippen LogP contribution in [0.3, 0.4) is 0 Å². The second-order valence-electron chi connectivity index (χ2n) is 2.38. The normalized spacial score (nSPS) is 44.7. The van der Waals surface area contributed by atoms with Gasteiger partial charge in [0, 0.05) is 0 Å². The van der Waals surface area contributed by atoms with Crippen molar-refractivity contribution in [2.75, 3.05) is 6.61 Å². The number of rotatable bonds is 2. The summed E-state index contributed by atoms with van der Waals surface area (Å²) in [6.07, 6.45) is -4.54. The summed E-state index contributed by atoms with van der Waals surface area (Å²) in [4.78, 5) is 4.19. The van der Waals surface area contributed by atoms with E-state index in [0.717, 1.165) is 0 Å². The van der Waals surface area contributed by atoms with E-state index in [9.17, 15) is 0 Å². The first-order chi connectivity index (χ1) is 5.16. The fourth-order valence-electron chi connectivity index (χ4n) is 0.961. The molecule has 0 saturated carbocycles. The highest BCUT2D eigenvalue weighted by molar-refractivity contribution is 4.85. The molecule has 1 fully saturated rings. The van der Waals surface area contributed by atoms with Crippen molar-refractivity contribution < 1.29 is 24.9 Å². The SMILES string of the molecule is NOC[C@H]1O[C@@H](O)[C@H](O)[C@@H]1O. The van der Waals surface area contributed by atoms with Crippen LogP contribution in [0.2, 0.25) is 0 Å². The van der Waals surface area contributed by atoms with Crippen molar-refractivity contribution in [2.24, 2.45) is 5.90 Å². The van der Waals surface area contributed by atoms with Crippen molar-refractivity contribution in [1.82, 2.24) is 0 Å². The first-order valence-electron chi connectivity index (χ1n) is 3.18. The Morgan fingerprint density at radius 3 is 2.27 bits per heavy atom. The summed E-state index contributed by atoms with van der Waals surface area (Å²) in [6.45, 7) is -0.0602. The van der Waals surface area contributed by atoms with Gasteiger partial charge in [-0.2, -0.15) is 0 Å². The zero-order valence-electron chi connectivity index (χ0n) is 5.75. The van der Waals surface area contributed by atoms with Crippen LogP contribution in [0.25, 0.3) is 0 Å².